The first kappa shape index (κ1) is 12.1. The molecule has 0 aliphatic rings. The van der Waals surface area contributed by atoms with Gasteiger partial charge in [-0.05, 0) is 24.6 Å². The molecule has 0 heterocycles. The molecule has 1 rings (SSSR count). The highest BCUT2D eigenvalue weighted by atomic mass is 16.5. The molecule has 0 saturated carbocycles. The summed E-state index contributed by atoms with van der Waals surface area (Å²) in [4.78, 5) is 10.7. The van der Waals surface area contributed by atoms with E-state index in [1.165, 1.54) is 7.11 Å². The molecule has 1 aromatic rings. The first-order chi connectivity index (χ1) is 7.72. The van der Waals surface area contributed by atoms with Gasteiger partial charge in [0.1, 0.15) is 5.75 Å². The molecule has 84 valence electrons. The molecule has 3 nitrogen and oxygen atoms in total. The number of hydrogen-bond acceptors (Lipinski definition) is 3. The van der Waals surface area contributed by atoms with E-state index < -0.39 is 5.97 Å². The Bertz CT molecular complexity index is 413. The fourth-order valence-electron chi connectivity index (χ4n) is 1.11. The van der Waals surface area contributed by atoms with Crippen LogP contribution in [0.2, 0.25) is 0 Å². The minimum Gasteiger partial charge on any atom is -0.493 e. The maximum absolute atomic E-state index is 10.7. The van der Waals surface area contributed by atoms with Gasteiger partial charge in [-0.2, -0.15) is 0 Å². The SMILES string of the molecule is COC(=O)C#CCCOc1cccc(C)c1. The van der Waals surface area contributed by atoms with Crippen molar-refractivity contribution in [2.45, 2.75) is 13.3 Å². The van der Waals surface area contributed by atoms with Crippen LogP contribution in [0.25, 0.3) is 0 Å². The smallest absolute Gasteiger partial charge is 0.384 e. The second kappa shape index (κ2) is 6.52. The van der Waals surface area contributed by atoms with Crippen LogP contribution in [0.15, 0.2) is 24.3 Å². The molecule has 1 aromatic carbocycles. The summed E-state index contributed by atoms with van der Waals surface area (Å²) in [6, 6.07) is 7.78. The minimum absolute atomic E-state index is 0.466. The molecular weight excluding hydrogens is 204 g/mol. The monoisotopic (exact) mass is 218 g/mol. The normalized spacial score (nSPS) is 8.88. The van der Waals surface area contributed by atoms with Gasteiger partial charge >= 0.3 is 5.97 Å². The molecule has 3 heteroatoms. The largest absolute Gasteiger partial charge is 0.493 e. The topological polar surface area (TPSA) is 35.5 Å². The molecule has 0 aliphatic heterocycles. The van der Waals surface area contributed by atoms with Gasteiger partial charge in [0.05, 0.1) is 13.7 Å². The van der Waals surface area contributed by atoms with Crippen molar-refractivity contribution >= 4 is 5.97 Å². The van der Waals surface area contributed by atoms with Crippen molar-refractivity contribution in [3.05, 3.63) is 29.8 Å². The van der Waals surface area contributed by atoms with Crippen LogP contribution in [0, 0.1) is 18.8 Å². The summed E-state index contributed by atoms with van der Waals surface area (Å²) in [5.74, 6) is 5.31. The summed E-state index contributed by atoms with van der Waals surface area (Å²) in [5.41, 5.74) is 1.15. The van der Waals surface area contributed by atoms with Crippen LogP contribution in [0.1, 0.15) is 12.0 Å². The van der Waals surface area contributed by atoms with E-state index in [2.05, 4.69) is 16.6 Å². The van der Waals surface area contributed by atoms with Crippen molar-refractivity contribution in [1.29, 1.82) is 0 Å². The van der Waals surface area contributed by atoms with Crippen molar-refractivity contribution in [3.63, 3.8) is 0 Å². The Morgan fingerprint density at radius 2 is 2.25 bits per heavy atom. The predicted molar refractivity (Wildman–Crippen MR) is 61.1 cm³/mol. The van der Waals surface area contributed by atoms with Crippen molar-refractivity contribution in [1.82, 2.24) is 0 Å². The van der Waals surface area contributed by atoms with Crippen LogP contribution in [0.3, 0.4) is 0 Å². The average molecular weight is 218 g/mol. The molecule has 0 amide bonds. The second-order valence-corrected chi connectivity index (χ2v) is 3.21. The lowest BCUT2D eigenvalue weighted by Gasteiger charge is -2.03. The lowest BCUT2D eigenvalue weighted by molar-refractivity contribution is -0.133. The van der Waals surface area contributed by atoms with Gasteiger partial charge in [0.2, 0.25) is 0 Å². The summed E-state index contributed by atoms with van der Waals surface area (Å²) in [6.07, 6.45) is 0.503. The molecule has 0 spiro atoms. The maximum atomic E-state index is 10.7. The number of hydrogen-bond donors (Lipinski definition) is 0. The summed E-state index contributed by atoms with van der Waals surface area (Å²) in [5, 5.41) is 0. The first-order valence-corrected chi connectivity index (χ1v) is 4.98. The summed E-state index contributed by atoms with van der Waals surface area (Å²) >= 11 is 0. The Balaban J connectivity index is 2.30. The maximum Gasteiger partial charge on any atom is 0.384 e. The highest BCUT2D eigenvalue weighted by Gasteiger charge is 1.93. The molecule has 0 atom stereocenters. The molecule has 0 bridgehead atoms. The molecule has 0 N–H and O–H groups in total. The lowest BCUT2D eigenvalue weighted by atomic mass is 10.2. The zero-order valence-corrected chi connectivity index (χ0v) is 9.45. The number of carbonyl (C=O) groups is 1. The van der Waals surface area contributed by atoms with E-state index in [9.17, 15) is 4.79 Å². The van der Waals surface area contributed by atoms with Crippen LogP contribution >= 0.6 is 0 Å². The molecule has 0 fully saturated rings. The average Bonchev–Trinajstić information content (AvgIpc) is 2.28. The summed E-state index contributed by atoms with van der Waals surface area (Å²) in [7, 11) is 1.31. The van der Waals surface area contributed by atoms with Crippen molar-refractivity contribution in [3.8, 4) is 17.6 Å². The standard InChI is InChI=1S/C13H14O3/c1-11-6-5-7-12(10-11)16-9-4-3-8-13(14)15-2/h5-7,10H,4,9H2,1-2H3. The molecule has 0 aromatic heterocycles. The Morgan fingerprint density at radius 3 is 2.94 bits per heavy atom. The Labute approximate surface area is 95.4 Å². The number of ether oxygens (including phenoxy) is 2. The van der Waals surface area contributed by atoms with E-state index in [0.717, 1.165) is 11.3 Å². The van der Waals surface area contributed by atoms with Crippen LogP contribution in [-0.2, 0) is 9.53 Å². The van der Waals surface area contributed by atoms with Gasteiger partial charge in [0.25, 0.3) is 0 Å². The summed E-state index contributed by atoms with van der Waals surface area (Å²) < 4.78 is 9.83. The molecule has 0 unspecified atom stereocenters. The second-order valence-electron chi connectivity index (χ2n) is 3.21. The van der Waals surface area contributed by atoms with Crippen molar-refractivity contribution in [2.75, 3.05) is 13.7 Å². The number of aryl methyl sites for hydroxylation is 1. The van der Waals surface area contributed by atoms with E-state index >= 15 is 0 Å². The van der Waals surface area contributed by atoms with Gasteiger partial charge in [-0.25, -0.2) is 4.79 Å². The first-order valence-electron chi connectivity index (χ1n) is 4.98. The van der Waals surface area contributed by atoms with Gasteiger partial charge in [0.15, 0.2) is 0 Å². The van der Waals surface area contributed by atoms with Crippen molar-refractivity contribution < 1.29 is 14.3 Å². The van der Waals surface area contributed by atoms with E-state index in [0.29, 0.717) is 13.0 Å². The third-order valence-electron chi connectivity index (χ3n) is 1.86. The van der Waals surface area contributed by atoms with E-state index in [-0.39, 0.29) is 0 Å². The quantitative estimate of drug-likeness (QED) is 0.336. The zero-order valence-electron chi connectivity index (χ0n) is 9.45. The van der Waals surface area contributed by atoms with Gasteiger partial charge < -0.3 is 9.47 Å². The van der Waals surface area contributed by atoms with Crippen LogP contribution < -0.4 is 4.74 Å². The van der Waals surface area contributed by atoms with Crippen molar-refractivity contribution in [2.24, 2.45) is 0 Å². The van der Waals surface area contributed by atoms with E-state index in [1.807, 2.05) is 31.2 Å². The van der Waals surface area contributed by atoms with E-state index in [1.54, 1.807) is 0 Å². The predicted octanol–water partition coefficient (Wildman–Crippen LogP) is 1.94. The third-order valence-corrected chi connectivity index (χ3v) is 1.86. The minimum atomic E-state index is -0.518. The molecule has 16 heavy (non-hydrogen) atoms. The fraction of sp³-hybridized carbons (Fsp3) is 0.308. The van der Waals surface area contributed by atoms with Gasteiger partial charge in [-0.1, -0.05) is 18.1 Å². The lowest BCUT2D eigenvalue weighted by Crippen LogP contribution is -1.98. The van der Waals surface area contributed by atoms with Gasteiger partial charge in [0, 0.05) is 12.3 Å². The molecule has 0 radical (unpaired) electrons. The number of esters is 1. The number of methoxy groups -OCH3 is 1. The fourth-order valence-corrected chi connectivity index (χ4v) is 1.11. The molecular formula is C13H14O3. The Hall–Kier alpha value is -1.95. The van der Waals surface area contributed by atoms with E-state index in [4.69, 9.17) is 4.74 Å². The highest BCUT2D eigenvalue weighted by molar-refractivity contribution is 5.88. The zero-order chi connectivity index (χ0) is 11.8. The number of rotatable bonds is 3. The van der Waals surface area contributed by atoms with Crippen LogP contribution in [0.4, 0.5) is 0 Å². The van der Waals surface area contributed by atoms with Gasteiger partial charge in [-0.3, -0.25) is 0 Å². The Kier molecular flexibility index (Phi) is 4.94. The highest BCUT2D eigenvalue weighted by Crippen LogP contribution is 2.12. The van der Waals surface area contributed by atoms with Gasteiger partial charge in [-0.15, -0.1) is 0 Å². The van der Waals surface area contributed by atoms with Crippen LogP contribution in [0.5, 0.6) is 5.75 Å². The third kappa shape index (κ3) is 4.52. The molecule has 0 aliphatic carbocycles. The van der Waals surface area contributed by atoms with Crippen LogP contribution in [-0.4, -0.2) is 19.7 Å². The number of carbonyl (C=O) groups excluding carboxylic acids is 1. The Morgan fingerprint density at radius 1 is 1.44 bits per heavy atom. The molecule has 0 saturated heterocycles. The summed E-state index contributed by atoms with van der Waals surface area (Å²) in [6.45, 7) is 2.47. The number of benzene rings is 1.